The Labute approximate surface area is 121 Å². The van der Waals surface area contributed by atoms with Gasteiger partial charge >= 0.3 is 12.1 Å². The number of alkyl halides is 3. The Morgan fingerprint density at radius 3 is 2.38 bits per heavy atom. The number of rotatable bonds is 3. The van der Waals surface area contributed by atoms with Crippen molar-refractivity contribution in [1.29, 1.82) is 0 Å². The van der Waals surface area contributed by atoms with Gasteiger partial charge in [-0.1, -0.05) is 18.2 Å². The normalized spacial score (nSPS) is 19.4. The minimum atomic E-state index is -4.53. The molecule has 0 saturated carbocycles. The second-order valence-electron chi connectivity index (χ2n) is 5.54. The van der Waals surface area contributed by atoms with E-state index in [1.165, 1.54) is 18.2 Å². The van der Waals surface area contributed by atoms with Crippen molar-refractivity contribution in [2.75, 3.05) is 20.1 Å². The number of aliphatic carboxylic acids is 1. The van der Waals surface area contributed by atoms with Gasteiger partial charge in [-0.15, -0.1) is 0 Å². The van der Waals surface area contributed by atoms with Crippen molar-refractivity contribution in [3.05, 3.63) is 35.4 Å². The van der Waals surface area contributed by atoms with Crippen molar-refractivity contribution in [1.82, 2.24) is 4.90 Å². The van der Waals surface area contributed by atoms with E-state index in [0.29, 0.717) is 25.9 Å². The van der Waals surface area contributed by atoms with Crippen LogP contribution in [0.25, 0.3) is 0 Å². The first-order valence-electron chi connectivity index (χ1n) is 6.88. The molecule has 1 aliphatic rings. The predicted molar refractivity (Wildman–Crippen MR) is 72.0 cm³/mol. The van der Waals surface area contributed by atoms with Gasteiger partial charge in [0.1, 0.15) is 0 Å². The van der Waals surface area contributed by atoms with E-state index in [9.17, 15) is 23.1 Å². The van der Waals surface area contributed by atoms with Crippen LogP contribution in [-0.2, 0) is 11.0 Å². The molecule has 1 aliphatic heterocycles. The molecule has 0 aromatic heterocycles. The van der Waals surface area contributed by atoms with Gasteiger partial charge in [0.05, 0.1) is 11.5 Å². The fourth-order valence-electron chi connectivity index (χ4n) is 2.98. The average molecular weight is 301 g/mol. The summed E-state index contributed by atoms with van der Waals surface area (Å²) in [6, 6.07) is 5.01. The maximum atomic E-state index is 13.1. The fourth-order valence-corrected chi connectivity index (χ4v) is 2.98. The van der Waals surface area contributed by atoms with Gasteiger partial charge < -0.3 is 10.0 Å². The Hall–Kier alpha value is -1.56. The Bertz CT molecular complexity index is 508. The number of hydrogen-bond donors (Lipinski definition) is 1. The molecule has 1 fully saturated rings. The maximum absolute atomic E-state index is 13.1. The number of benzene rings is 1. The first-order chi connectivity index (χ1) is 9.80. The summed E-state index contributed by atoms with van der Waals surface area (Å²) in [6.07, 6.45) is -3.34. The topological polar surface area (TPSA) is 40.5 Å². The molecule has 1 aromatic carbocycles. The fraction of sp³-hybridized carbons (Fsp3) is 0.533. The quantitative estimate of drug-likeness (QED) is 0.932. The summed E-state index contributed by atoms with van der Waals surface area (Å²) >= 11 is 0. The minimum absolute atomic E-state index is 0.118. The van der Waals surface area contributed by atoms with Crippen LogP contribution in [0.3, 0.4) is 0 Å². The van der Waals surface area contributed by atoms with Gasteiger partial charge in [-0.05, 0) is 50.5 Å². The molecule has 3 nitrogen and oxygen atoms in total. The molecule has 0 bridgehead atoms. The third-order valence-electron chi connectivity index (χ3n) is 4.10. The summed E-state index contributed by atoms with van der Waals surface area (Å²) in [5.74, 6) is -2.54. The Morgan fingerprint density at radius 2 is 1.86 bits per heavy atom. The molecule has 21 heavy (non-hydrogen) atoms. The molecule has 1 atom stereocenters. The van der Waals surface area contributed by atoms with Gasteiger partial charge in [0.25, 0.3) is 0 Å². The van der Waals surface area contributed by atoms with Gasteiger partial charge in [-0.25, -0.2) is 0 Å². The molecule has 0 radical (unpaired) electrons. The minimum Gasteiger partial charge on any atom is -0.481 e. The number of hydrogen-bond acceptors (Lipinski definition) is 2. The van der Waals surface area contributed by atoms with E-state index >= 15 is 0 Å². The van der Waals surface area contributed by atoms with Crippen molar-refractivity contribution in [3.63, 3.8) is 0 Å². The van der Waals surface area contributed by atoms with Gasteiger partial charge in [0.15, 0.2) is 0 Å². The number of nitrogens with zero attached hydrogens (tertiary/aromatic N) is 1. The summed E-state index contributed by atoms with van der Waals surface area (Å²) in [4.78, 5) is 13.6. The molecule has 1 aromatic rings. The molecule has 6 heteroatoms. The largest absolute Gasteiger partial charge is 0.481 e. The van der Waals surface area contributed by atoms with Crippen LogP contribution in [0, 0.1) is 5.92 Å². The molecule has 0 aliphatic carbocycles. The van der Waals surface area contributed by atoms with Crippen LogP contribution in [0.1, 0.15) is 29.9 Å². The SMILES string of the molecule is CN1CCC(C(C(=O)O)c2ccccc2C(F)(F)F)CC1. The molecule has 1 saturated heterocycles. The number of carboxylic acid groups (broad SMARTS) is 1. The Balaban J connectivity index is 2.38. The Kier molecular flexibility index (Phi) is 4.56. The van der Waals surface area contributed by atoms with Crippen LogP contribution < -0.4 is 0 Å². The molecule has 1 unspecified atom stereocenters. The van der Waals surface area contributed by atoms with Gasteiger partial charge in [0.2, 0.25) is 0 Å². The third kappa shape index (κ3) is 3.56. The number of carboxylic acids is 1. The maximum Gasteiger partial charge on any atom is 0.416 e. The molecular weight excluding hydrogens is 283 g/mol. The van der Waals surface area contributed by atoms with E-state index in [0.717, 1.165) is 6.07 Å². The molecule has 1 heterocycles. The zero-order valence-electron chi connectivity index (χ0n) is 11.7. The second-order valence-corrected chi connectivity index (χ2v) is 5.54. The highest BCUT2D eigenvalue weighted by molar-refractivity contribution is 5.77. The molecular formula is C15H18F3NO2. The Morgan fingerprint density at radius 1 is 1.29 bits per heavy atom. The van der Waals surface area contributed by atoms with Crippen molar-refractivity contribution < 1.29 is 23.1 Å². The summed E-state index contributed by atoms with van der Waals surface area (Å²) in [6.45, 7) is 1.42. The van der Waals surface area contributed by atoms with E-state index < -0.39 is 23.6 Å². The van der Waals surface area contributed by atoms with Crippen LogP contribution in [0.5, 0.6) is 0 Å². The number of piperidine rings is 1. The lowest BCUT2D eigenvalue weighted by Gasteiger charge is -2.33. The molecule has 0 spiro atoms. The number of likely N-dealkylation sites (tertiary alicyclic amines) is 1. The highest BCUT2D eigenvalue weighted by atomic mass is 19.4. The van der Waals surface area contributed by atoms with Crippen LogP contribution in [0.2, 0.25) is 0 Å². The van der Waals surface area contributed by atoms with Crippen LogP contribution in [0.4, 0.5) is 13.2 Å². The van der Waals surface area contributed by atoms with Crippen molar-refractivity contribution >= 4 is 5.97 Å². The highest BCUT2D eigenvalue weighted by Crippen LogP contribution is 2.40. The van der Waals surface area contributed by atoms with Crippen LogP contribution >= 0.6 is 0 Å². The smallest absolute Gasteiger partial charge is 0.416 e. The van der Waals surface area contributed by atoms with Gasteiger partial charge in [0, 0.05) is 0 Å². The molecule has 2 rings (SSSR count). The first-order valence-corrected chi connectivity index (χ1v) is 6.88. The van der Waals surface area contributed by atoms with Gasteiger partial charge in [-0.3, -0.25) is 4.79 Å². The van der Waals surface area contributed by atoms with Crippen LogP contribution in [-0.4, -0.2) is 36.1 Å². The predicted octanol–water partition coefficient (Wildman–Crippen LogP) is 3.22. The van der Waals surface area contributed by atoms with E-state index in [1.807, 2.05) is 7.05 Å². The monoisotopic (exact) mass is 301 g/mol. The lowest BCUT2D eigenvalue weighted by molar-refractivity contribution is -0.143. The van der Waals surface area contributed by atoms with E-state index in [4.69, 9.17) is 0 Å². The average Bonchev–Trinajstić information content (AvgIpc) is 2.40. The van der Waals surface area contributed by atoms with Gasteiger partial charge in [-0.2, -0.15) is 13.2 Å². The van der Waals surface area contributed by atoms with E-state index in [2.05, 4.69) is 4.90 Å². The van der Waals surface area contributed by atoms with Crippen molar-refractivity contribution in [2.24, 2.45) is 5.92 Å². The zero-order chi connectivity index (χ0) is 15.6. The van der Waals surface area contributed by atoms with Crippen LogP contribution in [0.15, 0.2) is 24.3 Å². The molecule has 1 N–H and O–H groups in total. The lowest BCUT2D eigenvalue weighted by atomic mass is 9.78. The second kappa shape index (κ2) is 6.05. The van der Waals surface area contributed by atoms with E-state index in [-0.39, 0.29) is 11.5 Å². The zero-order valence-corrected chi connectivity index (χ0v) is 11.7. The summed E-state index contributed by atoms with van der Waals surface area (Å²) in [7, 11) is 1.93. The van der Waals surface area contributed by atoms with E-state index in [1.54, 1.807) is 0 Å². The summed E-state index contributed by atoms with van der Waals surface area (Å²) < 4.78 is 39.3. The lowest BCUT2D eigenvalue weighted by Crippen LogP contribution is -2.35. The highest BCUT2D eigenvalue weighted by Gasteiger charge is 2.40. The summed E-state index contributed by atoms with van der Waals surface area (Å²) in [5.41, 5.74) is -0.955. The van der Waals surface area contributed by atoms with Crippen molar-refractivity contribution in [2.45, 2.75) is 24.9 Å². The molecule has 116 valence electrons. The number of carbonyl (C=O) groups is 1. The summed E-state index contributed by atoms with van der Waals surface area (Å²) in [5, 5.41) is 9.45. The standard InChI is InChI=1S/C15H18F3NO2/c1-19-8-6-10(7-9-19)13(14(20)21)11-4-2-3-5-12(11)15(16,17)18/h2-5,10,13H,6-9H2,1H3,(H,20,21). The van der Waals surface area contributed by atoms with Crippen molar-refractivity contribution in [3.8, 4) is 0 Å². The number of halogens is 3. The molecule has 0 amide bonds. The third-order valence-corrected chi connectivity index (χ3v) is 4.10. The first kappa shape index (κ1) is 15.8.